The third kappa shape index (κ3) is 3.55. The maximum absolute atomic E-state index is 9.72. The van der Waals surface area contributed by atoms with Crippen LogP contribution in [0.3, 0.4) is 0 Å². The van der Waals surface area contributed by atoms with Crippen LogP contribution in [0.2, 0.25) is 0 Å². The van der Waals surface area contributed by atoms with Crippen LogP contribution in [0, 0.1) is 6.92 Å². The summed E-state index contributed by atoms with van der Waals surface area (Å²) in [6.45, 7) is 2.08. The first-order valence-corrected chi connectivity index (χ1v) is 10.6. The van der Waals surface area contributed by atoms with Crippen LogP contribution in [0.15, 0.2) is 91.3 Å². The molecule has 1 aliphatic rings. The maximum Gasteiger partial charge on any atom is 0.174 e. The van der Waals surface area contributed by atoms with Gasteiger partial charge in [0.25, 0.3) is 0 Å². The first-order chi connectivity index (χ1) is 15.1. The standard InChI is InChI=1S/C25H22N4OS/c1-17-6-4-7-19(16-17)29-24(23(27-25(29)31)21-8-2-3-14-26-21)22-9-5-15-28(22)18-10-12-20(30)13-11-18/h2-16,23-24,30H,1H3,(H,27,31). The lowest BCUT2D eigenvalue weighted by molar-refractivity contribution is 0.475. The van der Waals surface area contributed by atoms with E-state index in [0.717, 1.165) is 22.8 Å². The molecule has 4 aromatic rings. The molecule has 0 aliphatic carbocycles. The predicted octanol–water partition coefficient (Wildman–Crippen LogP) is 5.06. The van der Waals surface area contributed by atoms with Crippen molar-refractivity contribution < 1.29 is 5.11 Å². The topological polar surface area (TPSA) is 53.3 Å². The summed E-state index contributed by atoms with van der Waals surface area (Å²) in [4.78, 5) is 6.80. The van der Waals surface area contributed by atoms with E-state index in [4.69, 9.17) is 12.2 Å². The highest BCUT2D eigenvalue weighted by Crippen LogP contribution is 2.42. The molecular weight excluding hydrogens is 404 g/mol. The summed E-state index contributed by atoms with van der Waals surface area (Å²) in [7, 11) is 0. The van der Waals surface area contributed by atoms with Gasteiger partial charge in [-0.15, -0.1) is 0 Å². The number of pyridine rings is 1. The second kappa shape index (κ2) is 7.89. The number of anilines is 1. The summed E-state index contributed by atoms with van der Waals surface area (Å²) in [6, 6.07) is 25.5. The molecule has 1 saturated heterocycles. The third-order valence-electron chi connectivity index (χ3n) is 5.59. The van der Waals surface area contributed by atoms with Crippen molar-refractivity contribution in [3.8, 4) is 11.4 Å². The molecule has 154 valence electrons. The molecule has 2 aromatic heterocycles. The molecule has 1 fully saturated rings. The van der Waals surface area contributed by atoms with E-state index < -0.39 is 0 Å². The molecule has 0 amide bonds. The molecule has 5 nitrogen and oxygen atoms in total. The Hall–Kier alpha value is -3.64. The molecule has 0 saturated carbocycles. The SMILES string of the molecule is Cc1cccc(N2C(=S)NC(c3ccccn3)C2c2cccn2-c2ccc(O)cc2)c1. The average Bonchev–Trinajstić information content (AvgIpc) is 3.39. The van der Waals surface area contributed by atoms with Gasteiger partial charge in [0.2, 0.25) is 0 Å². The Morgan fingerprint density at radius 2 is 1.77 bits per heavy atom. The highest BCUT2D eigenvalue weighted by atomic mass is 32.1. The Labute approximate surface area is 186 Å². The van der Waals surface area contributed by atoms with Crippen molar-refractivity contribution in [3.05, 3.63) is 108 Å². The lowest BCUT2D eigenvalue weighted by Crippen LogP contribution is -2.30. The smallest absolute Gasteiger partial charge is 0.174 e. The molecule has 2 N–H and O–H groups in total. The summed E-state index contributed by atoms with van der Waals surface area (Å²) in [5.41, 5.74) is 5.20. The van der Waals surface area contributed by atoms with Gasteiger partial charge in [-0.25, -0.2) is 0 Å². The number of benzene rings is 2. The van der Waals surface area contributed by atoms with Gasteiger partial charge in [0.1, 0.15) is 11.8 Å². The summed E-state index contributed by atoms with van der Waals surface area (Å²) in [5.74, 6) is 0.244. The third-order valence-corrected chi connectivity index (χ3v) is 5.90. The quantitative estimate of drug-likeness (QED) is 0.447. The lowest BCUT2D eigenvalue weighted by Gasteiger charge is -2.29. The first kappa shape index (κ1) is 19.3. The van der Waals surface area contributed by atoms with Crippen LogP contribution in [0.25, 0.3) is 5.69 Å². The van der Waals surface area contributed by atoms with Gasteiger partial charge in [-0.05, 0) is 85.4 Å². The van der Waals surface area contributed by atoms with Gasteiger partial charge in [-0.1, -0.05) is 18.2 Å². The van der Waals surface area contributed by atoms with Crippen molar-refractivity contribution >= 4 is 23.0 Å². The molecule has 2 atom stereocenters. The molecule has 0 radical (unpaired) electrons. The predicted molar refractivity (Wildman–Crippen MR) is 127 cm³/mol. The highest BCUT2D eigenvalue weighted by molar-refractivity contribution is 7.80. The molecule has 1 aliphatic heterocycles. The van der Waals surface area contributed by atoms with Crippen molar-refractivity contribution in [3.63, 3.8) is 0 Å². The van der Waals surface area contributed by atoms with E-state index in [0.29, 0.717) is 5.11 Å². The zero-order valence-electron chi connectivity index (χ0n) is 17.0. The molecule has 0 spiro atoms. The van der Waals surface area contributed by atoms with E-state index in [1.165, 1.54) is 5.56 Å². The Morgan fingerprint density at radius 3 is 2.52 bits per heavy atom. The van der Waals surface area contributed by atoms with Crippen molar-refractivity contribution in [1.82, 2.24) is 14.9 Å². The Kier molecular flexibility index (Phi) is 4.92. The number of hydrogen-bond donors (Lipinski definition) is 2. The van der Waals surface area contributed by atoms with Gasteiger partial charge in [0, 0.05) is 29.5 Å². The van der Waals surface area contributed by atoms with Crippen LogP contribution in [-0.4, -0.2) is 19.8 Å². The van der Waals surface area contributed by atoms with Crippen LogP contribution in [0.4, 0.5) is 5.69 Å². The zero-order chi connectivity index (χ0) is 21.4. The molecular formula is C25H22N4OS. The Bertz CT molecular complexity index is 1220. The fourth-order valence-electron chi connectivity index (χ4n) is 4.19. The lowest BCUT2D eigenvalue weighted by atomic mass is 10.0. The molecule has 2 aromatic carbocycles. The van der Waals surface area contributed by atoms with E-state index in [1.54, 1.807) is 12.1 Å². The number of hydrogen-bond acceptors (Lipinski definition) is 3. The summed E-state index contributed by atoms with van der Waals surface area (Å²) in [6.07, 6.45) is 3.85. The summed E-state index contributed by atoms with van der Waals surface area (Å²) >= 11 is 5.82. The zero-order valence-corrected chi connectivity index (χ0v) is 17.8. The van der Waals surface area contributed by atoms with E-state index in [2.05, 4.69) is 57.0 Å². The number of thiocarbonyl (C=S) groups is 1. The number of phenols is 1. The van der Waals surface area contributed by atoms with E-state index >= 15 is 0 Å². The largest absolute Gasteiger partial charge is 0.508 e. The fraction of sp³-hybridized carbons (Fsp3) is 0.120. The van der Waals surface area contributed by atoms with Crippen LogP contribution < -0.4 is 10.2 Å². The van der Waals surface area contributed by atoms with Crippen LogP contribution in [0.5, 0.6) is 5.75 Å². The Balaban J connectivity index is 1.67. The minimum absolute atomic E-state index is 0.104. The average molecular weight is 427 g/mol. The van der Waals surface area contributed by atoms with Gasteiger partial charge in [0.15, 0.2) is 5.11 Å². The number of nitrogens with zero attached hydrogens (tertiary/aromatic N) is 3. The van der Waals surface area contributed by atoms with Crippen LogP contribution >= 0.6 is 12.2 Å². The minimum Gasteiger partial charge on any atom is -0.508 e. The van der Waals surface area contributed by atoms with Crippen LogP contribution in [0.1, 0.15) is 29.0 Å². The van der Waals surface area contributed by atoms with Gasteiger partial charge >= 0.3 is 0 Å². The molecule has 5 rings (SSSR count). The number of aromatic nitrogens is 2. The summed E-state index contributed by atoms with van der Waals surface area (Å²) in [5, 5.41) is 13.9. The summed E-state index contributed by atoms with van der Waals surface area (Å²) < 4.78 is 2.14. The second-order valence-electron chi connectivity index (χ2n) is 7.66. The van der Waals surface area contributed by atoms with Gasteiger partial charge in [-0.2, -0.15) is 0 Å². The fourth-order valence-corrected chi connectivity index (χ4v) is 4.54. The molecule has 2 unspecified atom stereocenters. The van der Waals surface area contributed by atoms with E-state index in [1.807, 2.05) is 48.8 Å². The van der Waals surface area contributed by atoms with E-state index in [-0.39, 0.29) is 17.8 Å². The number of aromatic hydroxyl groups is 1. The van der Waals surface area contributed by atoms with Gasteiger partial charge in [-0.3, -0.25) is 4.98 Å². The van der Waals surface area contributed by atoms with Crippen molar-refractivity contribution in [2.45, 2.75) is 19.0 Å². The van der Waals surface area contributed by atoms with Crippen molar-refractivity contribution in [2.24, 2.45) is 0 Å². The molecule has 31 heavy (non-hydrogen) atoms. The number of phenolic OH excluding ortho intramolecular Hbond substituents is 1. The number of nitrogens with one attached hydrogen (secondary N) is 1. The first-order valence-electron chi connectivity index (χ1n) is 10.2. The van der Waals surface area contributed by atoms with E-state index in [9.17, 15) is 5.11 Å². The highest BCUT2D eigenvalue weighted by Gasteiger charge is 2.42. The van der Waals surface area contributed by atoms with Gasteiger partial charge in [0.05, 0.1) is 11.7 Å². The van der Waals surface area contributed by atoms with Gasteiger partial charge < -0.3 is 19.9 Å². The maximum atomic E-state index is 9.72. The molecule has 3 heterocycles. The number of rotatable bonds is 4. The van der Waals surface area contributed by atoms with Crippen molar-refractivity contribution in [2.75, 3.05) is 4.90 Å². The molecule has 0 bridgehead atoms. The normalized spacial score (nSPS) is 18.2. The molecule has 6 heteroatoms. The van der Waals surface area contributed by atoms with Crippen molar-refractivity contribution in [1.29, 1.82) is 0 Å². The number of aryl methyl sites for hydroxylation is 1. The second-order valence-corrected chi connectivity index (χ2v) is 8.04. The Morgan fingerprint density at radius 1 is 0.935 bits per heavy atom. The minimum atomic E-state index is -0.111. The monoisotopic (exact) mass is 426 g/mol. The van der Waals surface area contributed by atoms with Crippen LogP contribution in [-0.2, 0) is 0 Å².